The third-order valence-corrected chi connectivity index (χ3v) is 5.75. The number of rotatable bonds is 7. The summed E-state index contributed by atoms with van der Waals surface area (Å²) in [4.78, 5) is 12.3. The predicted molar refractivity (Wildman–Crippen MR) is 102 cm³/mol. The molecule has 7 nitrogen and oxygen atoms in total. The van der Waals surface area contributed by atoms with Gasteiger partial charge in [0.25, 0.3) is 0 Å². The number of methoxy groups -OCH3 is 2. The Hall–Kier alpha value is -2.10. The molecule has 0 fully saturated rings. The standard InChI is InChI=1S/C17H19BrN2O5S/c1-11(17(21)19-14-7-5-4-6-13(14)18)20-26(22,23)12-8-9-15(24-2)16(10-12)25-3/h4-11,20H,1-3H3,(H,19,21). The lowest BCUT2D eigenvalue weighted by Gasteiger charge is -2.16. The Morgan fingerprint density at radius 3 is 2.35 bits per heavy atom. The Morgan fingerprint density at radius 1 is 1.08 bits per heavy atom. The number of para-hydroxylation sites is 1. The summed E-state index contributed by atoms with van der Waals surface area (Å²) < 4.78 is 38.3. The first kappa shape index (κ1) is 20.2. The fourth-order valence-electron chi connectivity index (χ4n) is 2.14. The fraction of sp³-hybridized carbons (Fsp3) is 0.235. The number of hydrogen-bond donors (Lipinski definition) is 2. The van der Waals surface area contributed by atoms with Gasteiger partial charge in [-0.15, -0.1) is 0 Å². The van der Waals surface area contributed by atoms with E-state index < -0.39 is 22.0 Å². The lowest BCUT2D eigenvalue weighted by atomic mass is 10.3. The number of halogens is 1. The van der Waals surface area contributed by atoms with E-state index >= 15 is 0 Å². The Balaban J connectivity index is 2.15. The van der Waals surface area contributed by atoms with Gasteiger partial charge in [0.05, 0.1) is 30.8 Å². The topological polar surface area (TPSA) is 93.7 Å². The number of carbonyl (C=O) groups excluding carboxylic acids is 1. The van der Waals surface area contributed by atoms with Crippen LogP contribution in [0.3, 0.4) is 0 Å². The molecule has 1 atom stereocenters. The second kappa shape index (κ2) is 8.52. The summed E-state index contributed by atoms with van der Waals surface area (Å²) in [6.45, 7) is 1.46. The molecule has 9 heteroatoms. The quantitative estimate of drug-likeness (QED) is 0.687. The molecule has 0 aromatic heterocycles. The second-order valence-corrected chi connectivity index (χ2v) is 7.90. The average Bonchev–Trinajstić information content (AvgIpc) is 2.62. The van der Waals surface area contributed by atoms with E-state index in [9.17, 15) is 13.2 Å². The number of sulfonamides is 1. The highest BCUT2D eigenvalue weighted by molar-refractivity contribution is 9.10. The van der Waals surface area contributed by atoms with Gasteiger partial charge in [0.1, 0.15) is 0 Å². The van der Waals surface area contributed by atoms with Crippen LogP contribution in [0.25, 0.3) is 0 Å². The largest absolute Gasteiger partial charge is 0.493 e. The van der Waals surface area contributed by atoms with Crippen molar-refractivity contribution in [1.29, 1.82) is 0 Å². The van der Waals surface area contributed by atoms with Crippen molar-refractivity contribution in [2.75, 3.05) is 19.5 Å². The molecule has 0 spiro atoms. The van der Waals surface area contributed by atoms with Crippen LogP contribution in [0.5, 0.6) is 11.5 Å². The van der Waals surface area contributed by atoms with Crippen LogP contribution in [0.15, 0.2) is 51.8 Å². The maximum Gasteiger partial charge on any atom is 0.242 e. The number of ether oxygens (including phenoxy) is 2. The monoisotopic (exact) mass is 442 g/mol. The van der Waals surface area contributed by atoms with E-state index in [4.69, 9.17) is 9.47 Å². The molecule has 1 amide bonds. The van der Waals surface area contributed by atoms with Crippen molar-refractivity contribution >= 4 is 37.5 Å². The summed E-state index contributed by atoms with van der Waals surface area (Å²) in [6, 6.07) is 10.3. The zero-order valence-electron chi connectivity index (χ0n) is 14.4. The predicted octanol–water partition coefficient (Wildman–Crippen LogP) is 2.77. The highest BCUT2D eigenvalue weighted by atomic mass is 79.9. The number of benzene rings is 2. The SMILES string of the molecule is COc1ccc(S(=O)(=O)NC(C)C(=O)Nc2ccccc2Br)cc1OC. The Bertz CT molecular complexity index is 902. The molecule has 26 heavy (non-hydrogen) atoms. The van der Waals surface area contributed by atoms with Crippen molar-refractivity contribution in [2.45, 2.75) is 17.9 Å². The van der Waals surface area contributed by atoms with Gasteiger partial charge in [0, 0.05) is 10.5 Å². The lowest BCUT2D eigenvalue weighted by Crippen LogP contribution is -2.41. The fourth-order valence-corrected chi connectivity index (χ4v) is 3.74. The molecule has 0 bridgehead atoms. The van der Waals surface area contributed by atoms with Gasteiger partial charge >= 0.3 is 0 Å². The van der Waals surface area contributed by atoms with Crippen molar-refractivity contribution < 1.29 is 22.7 Å². The molecule has 0 aliphatic rings. The van der Waals surface area contributed by atoms with Crippen LogP contribution in [-0.4, -0.2) is 34.6 Å². The van der Waals surface area contributed by atoms with Crippen molar-refractivity contribution in [3.05, 3.63) is 46.9 Å². The first-order chi connectivity index (χ1) is 12.3. The molecule has 1 unspecified atom stereocenters. The molecule has 140 valence electrons. The highest BCUT2D eigenvalue weighted by Crippen LogP contribution is 2.29. The Morgan fingerprint density at radius 2 is 1.73 bits per heavy atom. The molecule has 0 radical (unpaired) electrons. The third kappa shape index (κ3) is 4.75. The van der Waals surface area contributed by atoms with Crippen LogP contribution in [0.4, 0.5) is 5.69 Å². The third-order valence-electron chi connectivity index (χ3n) is 3.52. The van der Waals surface area contributed by atoms with E-state index in [-0.39, 0.29) is 10.6 Å². The van der Waals surface area contributed by atoms with Gasteiger partial charge in [-0.3, -0.25) is 4.79 Å². The number of hydrogen-bond acceptors (Lipinski definition) is 5. The number of carbonyl (C=O) groups is 1. The van der Waals surface area contributed by atoms with Gasteiger partial charge in [-0.05, 0) is 47.1 Å². The van der Waals surface area contributed by atoms with Gasteiger partial charge in [0.2, 0.25) is 15.9 Å². The summed E-state index contributed by atoms with van der Waals surface area (Å²) in [5.74, 6) is 0.202. The minimum atomic E-state index is -3.92. The van der Waals surface area contributed by atoms with E-state index in [1.165, 1.54) is 39.3 Å². The van der Waals surface area contributed by atoms with Crippen LogP contribution >= 0.6 is 15.9 Å². The zero-order chi connectivity index (χ0) is 19.3. The summed E-state index contributed by atoms with van der Waals surface area (Å²) in [7, 11) is -1.05. The van der Waals surface area contributed by atoms with Crippen molar-refractivity contribution in [3.63, 3.8) is 0 Å². The first-order valence-electron chi connectivity index (χ1n) is 7.58. The molecular weight excluding hydrogens is 424 g/mol. The molecule has 0 aliphatic heterocycles. The number of amides is 1. The van der Waals surface area contributed by atoms with Crippen LogP contribution in [0.2, 0.25) is 0 Å². The molecule has 2 aromatic rings. The van der Waals surface area contributed by atoms with Crippen molar-refractivity contribution in [3.8, 4) is 11.5 Å². The van der Waals surface area contributed by atoms with E-state index in [2.05, 4.69) is 26.0 Å². The number of anilines is 1. The highest BCUT2D eigenvalue weighted by Gasteiger charge is 2.23. The Kier molecular flexibility index (Phi) is 6.63. The zero-order valence-corrected chi connectivity index (χ0v) is 16.8. The van der Waals surface area contributed by atoms with Crippen molar-refractivity contribution in [2.24, 2.45) is 0 Å². The van der Waals surface area contributed by atoms with Crippen LogP contribution in [-0.2, 0) is 14.8 Å². The second-order valence-electron chi connectivity index (χ2n) is 5.33. The van der Waals surface area contributed by atoms with Crippen molar-refractivity contribution in [1.82, 2.24) is 4.72 Å². The smallest absolute Gasteiger partial charge is 0.242 e. The summed E-state index contributed by atoms with van der Waals surface area (Å²) in [6.07, 6.45) is 0. The molecule has 2 aromatic carbocycles. The minimum Gasteiger partial charge on any atom is -0.493 e. The average molecular weight is 443 g/mol. The summed E-state index contributed by atoms with van der Waals surface area (Å²) in [5.41, 5.74) is 0.551. The van der Waals surface area contributed by atoms with E-state index in [1.807, 2.05) is 6.07 Å². The maximum absolute atomic E-state index is 12.5. The van der Waals surface area contributed by atoms with E-state index in [0.29, 0.717) is 15.9 Å². The molecular formula is C17H19BrN2O5S. The Labute approximate surface area is 160 Å². The molecule has 2 N–H and O–H groups in total. The minimum absolute atomic E-state index is 0.0318. The summed E-state index contributed by atoms with van der Waals surface area (Å²) >= 11 is 3.32. The normalized spacial score (nSPS) is 12.3. The molecule has 0 saturated carbocycles. The van der Waals surface area contributed by atoms with Gasteiger partial charge in [-0.1, -0.05) is 12.1 Å². The number of nitrogens with one attached hydrogen (secondary N) is 2. The van der Waals surface area contributed by atoms with E-state index in [0.717, 1.165) is 0 Å². The molecule has 0 heterocycles. The van der Waals surface area contributed by atoms with Gasteiger partial charge in [-0.25, -0.2) is 8.42 Å². The van der Waals surface area contributed by atoms with Gasteiger partial charge in [-0.2, -0.15) is 4.72 Å². The first-order valence-corrected chi connectivity index (χ1v) is 9.86. The van der Waals surface area contributed by atoms with Crippen LogP contribution < -0.4 is 19.5 Å². The van der Waals surface area contributed by atoms with Crippen LogP contribution in [0.1, 0.15) is 6.92 Å². The van der Waals surface area contributed by atoms with Gasteiger partial charge in [0.15, 0.2) is 11.5 Å². The molecule has 0 aliphatic carbocycles. The molecule has 0 saturated heterocycles. The summed E-state index contributed by atoms with van der Waals surface area (Å²) in [5, 5.41) is 2.67. The van der Waals surface area contributed by atoms with E-state index in [1.54, 1.807) is 18.2 Å². The lowest BCUT2D eigenvalue weighted by molar-refractivity contribution is -0.117. The molecule has 2 rings (SSSR count). The van der Waals surface area contributed by atoms with Crippen LogP contribution in [0, 0.1) is 0 Å². The maximum atomic E-state index is 12.5. The van der Waals surface area contributed by atoms with Gasteiger partial charge < -0.3 is 14.8 Å².